The molecule has 176 valence electrons. The van der Waals surface area contributed by atoms with Crippen LogP contribution in [-0.4, -0.2) is 37.4 Å². The fraction of sp³-hybridized carbons (Fsp3) is 0.692. The highest BCUT2D eigenvalue weighted by molar-refractivity contribution is 5.80. The molecular formula is C26H42O5. The highest BCUT2D eigenvalue weighted by Crippen LogP contribution is 2.46. The van der Waals surface area contributed by atoms with E-state index in [9.17, 15) is 14.7 Å². The number of aliphatic hydroxyl groups is 1. The first-order valence-corrected chi connectivity index (χ1v) is 11.6. The maximum atomic E-state index is 13.0. The summed E-state index contributed by atoms with van der Waals surface area (Å²) in [5.74, 6) is -0.558. The SMILES string of the molecule is CCCCCC(CC(C)(CC(C)(CC(O)CC)C(=O)OC)C(=O)OC)c1ccccc1. The lowest BCUT2D eigenvalue weighted by Gasteiger charge is -2.39. The van der Waals surface area contributed by atoms with E-state index < -0.39 is 22.9 Å². The molecule has 0 aliphatic heterocycles. The zero-order valence-corrected chi connectivity index (χ0v) is 20.3. The van der Waals surface area contributed by atoms with E-state index in [1.807, 2.05) is 32.0 Å². The summed E-state index contributed by atoms with van der Waals surface area (Å²) in [6.45, 7) is 7.72. The minimum absolute atomic E-state index is 0.176. The molecule has 31 heavy (non-hydrogen) atoms. The highest BCUT2D eigenvalue weighted by Gasteiger charge is 2.47. The fourth-order valence-corrected chi connectivity index (χ4v) is 4.77. The highest BCUT2D eigenvalue weighted by atomic mass is 16.5. The van der Waals surface area contributed by atoms with Crippen LogP contribution in [0.15, 0.2) is 30.3 Å². The van der Waals surface area contributed by atoms with Crippen molar-refractivity contribution in [1.29, 1.82) is 0 Å². The van der Waals surface area contributed by atoms with Gasteiger partial charge >= 0.3 is 11.9 Å². The molecule has 4 atom stereocenters. The predicted octanol–water partition coefficient (Wildman–Crippen LogP) is 5.65. The molecule has 5 nitrogen and oxygen atoms in total. The van der Waals surface area contributed by atoms with E-state index in [0.29, 0.717) is 12.8 Å². The smallest absolute Gasteiger partial charge is 0.311 e. The molecular weight excluding hydrogens is 392 g/mol. The quantitative estimate of drug-likeness (QED) is 0.302. The molecule has 1 aromatic carbocycles. The minimum atomic E-state index is -0.988. The number of rotatable bonds is 14. The van der Waals surface area contributed by atoms with Gasteiger partial charge in [-0.15, -0.1) is 0 Å². The second-order valence-corrected chi connectivity index (χ2v) is 9.35. The number of methoxy groups -OCH3 is 2. The number of benzene rings is 1. The van der Waals surface area contributed by atoms with Crippen molar-refractivity contribution in [3.63, 3.8) is 0 Å². The van der Waals surface area contributed by atoms with E-state index in [2.05, 4.69) is 19.1 Å². The first kappa shape index (κ1) is 27.2. The summed E-state index contributed by atoms with van der Waals surface area (Å²) in [5.41, 5.74) is -0.683. The number of carbonyl (C=O) groups is 2. The van der Waals surface area contributed by atoms with Gasteiger partial charge in [-0.25, -0.2) is 0 Å². The molecule has 1 rings (SSSR count). The summed E-state index contributed by atoms with van der Waals surface area (Å²) in [6, 6.07) is 10.2. The van der Waals surface area contributed by atoms with Gasteiger partial charge in [0.25, 0.3) is 0 Å². The van der Waals surface area contributed by atoms with Gasteiger partial charge in [-0.3, -0.25) is 9.59 Å². The monoisotopic (exact) mass is 434 g/mol. The van der Waals surface area contributed by atoms with Gasteiger partial charge in [0.05, 0.1) is 31.2 Å². The molecule has 0 spiro atoms. The summed E-state index contributed by atoms with van der Waals surface area (Å²) < 4.78 is 10.3. The summed E-state index contributed by atoms with van der Waals surface area (Å²) in [4.78, 5) is 25.8. The average molecular weight is 435 g/mol. The Balaban J connectivity index is 3.29. The maximum absolute atomic E-state index is 13.0. The maximum Gasteiger partial charge on any atom is 0.311 e. The Kier molecular flexibility index (Phi) is 11.3. The molecule has 0 bridgehead atoms. The van der Waals surface area contributed by atoms with Crippen LogP contribution in [0.2, 0.25) is 0 Å². The second kappa shape index (κ2) is 12.8. The molecule has 1 aromatic rings. The molecule has 0 aliphatic rings. The summed E-state index contributed by atoms with van der Waals surface area (Å²) in [5, 5.41) is 10.3. The predicted molar refractivity (Wildman–Crippen MR) is 124 cm³/mol. The van der Waals surface area contributed by atoms with Crippen LogP contribution in [0.1, 0.15) is 90.5 Å². The molecule has 0 fully saturated rings. The molecule has 0 amide bonds. The number of aliphatic hydroxyl groups excluding tert-OH is 1. The standard InChI is InChI=1S/C26H42O5/c1-7-9-11-16-21(20-14-12-10-13-15-20)17-25(3,23(28)30-5)19-26(4,24(29)31-6)18-22(27)8-2/h10,12-15,21-22,27H,7-9,11,16-19H2,1-6H3. The Morgan fingerprint density at radius 1 is 0.935 bits per heavy atom. The lowest BCUT2D eigenvalue weighted by molar-refractivity contribution is -0.163. The molecule has 5 heteroatoms. The van der Waals surface area contributed by atoms with Crippen LogP contribution in [0.3, 0.4) is 0 Å². The van der Waals surface area contributed by atoms with Crippen LogP contribution < -0.4 is 0 Å². The zero-order chi connectivity index (χ0) is 23.5. The number of hydrogen-bond acceptors (Lipinski definition) is 5. The van der Waals surface area contributed by atoms with Crippen LogP contribution in [0.5, 0.6) is 0 Å². The van der Waals surface area contributed by atoms with Crippen molar-refractivity contribution in [3.05, 3.63) is 35.9 Å². The van der Waals surface area contributed by atoms with Crippen molar-refractivity contribution < 1.29 is 24.2 Å². The Morgan fingerprint density at radius 2 is 1.48 bits per heavy atom. The minimum Gasteiger partial charge on any atom is -0.469 e. The van der Waals surface area contributed by atoms with Crippen molar-refractivity contribution in [2.75, 3.05) is 14.2 Å². The van der Waals surface area contributed by atoms with E-state index in [4.69, 9.17) is 9.47 Å². The van der Waals surface area contributed by atoms with Crippen LogP contribution in [0, 0.1) is 10.8 Å². The number of hydrogen-bond donors (Lipinski definition) is 1. The van der Waals surface area contributed by atoms with E-state index in [1.165, 1.54) is 19.8 Å². The second-order valence-electron chi connectivity index (χ2n) is 9.35. The van der Waals surface area contributed by atoms with Crippen LogP contribution in [0.4, 0.5) is 0 Å². The van der Waals surface area contributed by atoms with Crippen molar-refractivity contribution in [2.24, 2.45) is 10.8 Å². The summed E-state index contributed by atoms with van der Waals surface area (Å²) in [7, 11) is 2.75. The van der Waals surface area contributed by atoms with Gasteiger partial charge in [0.2, 0.25) is 0 Å². The van der Waals surface area contributed by atoms with Gasteiger partial charge in [-0.1, -0.05) is 63.4 Å². The molecule has 0 aromatic heterocycles. The number of unbranched alkanes of at least 4 members (excludes halogenated alkanes) is 2. The molecule has 1 N–H and O–H groups in total. The van der Waals surface area contributed by atoms with Gasteiger partial charge in [0.15, 0.2) is 0 Å². The topological polar surface area (TPSA) is 72.8 Å². The molecule has 0 heterocycles. The van der Waals surface area contributed by atoms with Gasteiger partial charge in [0, 0.05) is 0 Å². The van der Waals surface area contributed by atoms with E-state index in [1.54, 1.807) is 6.92 Å². The molecule has 0 saturated heterocycles. The van der Waals surface area contributed by atoms with Crippen molar-refractivity contribution in [3.8, 4) is 0 Å². The third kappa shape index (κ3) is 7.95. The first-order chi connectivity index (χ1) is 14.7. The molecule has 0 aliphatic carbocycles. The van der Waals surface area contributed by atoms with Crippen LogP contribution in [0.25, 0.3) is 0 Å². The Hall–Kier alpha value is -1.88. The largest absolute Gasteiger partial charge is 0.469 e. The van der Waals surface area contributed by atoms with Gasteiger partial charge in [-0.2, -0.15) is 0 Å². The summed E-state index contributed by atoms with van der Waals surface area (Å²) >= 11 is 0. The Bertz CT molecular complexity index is 674. The van der Waals surface area contributed by atoms with Gasteiger partial charge in [-0.05, 0) is 57.4 Å². The van der Waals surface area contributed by atoms with Crippen molar-refractivity contribution >= 4 is 11.9 Å². The van der Waals surface area contributed by atoms with Crippen molar-refractivity contribution in [1.82, 2.24) is 0 Å². The first-order valence-electron chi connectivity index (χ1n) is 11.6. The number of ether oxygens (including phenoxy) is 2. The molecule has 4 unspecified atom stereocenters. The van der Waals surface area contributed by atoms with Crippen LogP contribution in [-0.2, 0) is 19.1 Å². The van der Waals surface area contributed by atoms with Crippen LogP contribution >= 0.6 is 0 Å². The lowest BCUT2D eigenvalue weighted by Crippen LogP contribution is -2.42. The summed E-state index contributed by atoms with van der Waals surface area (Å²) in [6.07, 6.45) is 5.29. The van der Waals surface area contributed by atoms with E-state index >= 15 is 0 Å². The number of carbonyl (C=O) groups excluding carboxylic acids is 2. The fourth-order valence-electron chi connectivity index (χ4n) is 4.77. The van der Waals surface area contributed by atoms with Gasteiger partial charge < -0.3 is 14.6 Å². The van der Waals surface area contributed by atoms with E-state index in [-0.39, 0.29) is 24.7 Å². The number of esters is 2. The zero-order valence-electron chi connectivity index (χ0n) is 20.3. The molecule has 0 saturated carbocycles. The third-order valence-corrected chi connectivity index (χ3v) is 6.42. The van der Waals surface area contributed by atoms with Gasteiger partial charge in [0.1, 0.15) is 0 Å². The molecule has 0 radical (unpaired) electrons. The normalized spacial score (nSPS) is 17.1. The average Bonchev–Trinajstić information content (AvgIpc) is 2.77. The third-order valence-electron chi connectivity index (χ3n) is 6.42. The lowest BCUT2D eigenvalue weighted by atomic mass is 9.65. The Morgan fingerprint density at radius 3 is 1.97 bits per heavy atom. The van der Waals surface area contributed by atoms with E-state index in [0.717, 1.165) is 25.7 Å². The Labute approximate surface area is 188 Å². The van der Waals surface area contributed by atoms with Crippen molar-refractivity contribution in [2.45, 2.75) is 91.1 Å².